The van der Waals surface area contributed by atoms with E-state index in [0.717, 1.165) is 5.54 Å². The van der Waals surface area contributed by atoms with Crippen LogP contribution in [0.3, 0.4) is 0 Å². The first-order valence-corrected chi connectivity index (χ1v) is 7.55. The normalized spacial score (nSPS) is 16.0. The molecule has 0 amide bonds. The second-order valence-corrected chi connectivity index (χ2v) is 7.03. The van der Waals surface area contributed by atoms with Crippen molar-refractivity contribution in [3.05, 3.63) is 0 Å². The van der Waals surface area contributed by atoms with Crippen molar-refractivity contribution in [2.45, 2.75) is 58.5 Å². The molecule has 2 heteroatoms. The quantitative estimate of drug-likeness (QED) is 0.604. The Morgan fingerprint density at radius 2 is 1.92 bits per heavy atom. The minimum Gasteiger partial charge on any atom is -0.340 e. The topological polar surface area (TPSA) is 12.0 Å². The average molecular weight is 187 g/mol. The fraction of sp³-hybridized carbons (Fsp3) is 1.00. The van der Waals surface area contributed by atoms with Crippen molar-refractivity contribution in [3.8, 4) is 0 Å². The van der Waals surface area contributed by atoms with Crippen LogP contribution in [0.5, 0.6) is 0 Å². The van der Waals surface area contributed by atoms with Crippen LogP contribution in [0.15, 0.2) is 0 Å². The van der Waals surface area contributed by atoms with E-state index in [9.17, 15) is 0 Å². The fourth-order valence-electron chi connectivity index (χ4n) is 1.56. The van der Waals surface area contributed by atoms with Crippen molar-refractivity contribution < 1.29 is 0 Å². The predicted molar refractivity (Wildman–Crippen MR) is 60.3 cm³/mol. The summed E-state index contributed by atoms with van der Waals surface area (Å²) in [5.41, 5.74) is 0.969. The van der Waals surface area contributed by atoms with Gasteiger partial charge in [0.15, 0.2) is 0 Å². The molecule has 1 nitrogen and oxygen atoms in total. The van der Waals surface area contributed by atoms with Gasteiger partial charge in [-0.05, 0) is 18.1 Å². The largest absolute Gasteiger partial charge is 0.340 e. The van der Waals surface area contributed by atoms with E-state index in [4.69, 9.17) is 0 Å². The van der Waals surface area contributed by atoms with Crippen LogP contribution in [0.2, 0.25) is 11.6 Å². The minimum atomic E-state index is -0.596. The highest BCUT2D eigenvalue weighted by Crippen LogP contribution is 2.16. The van der Waals surface area contributed by atoms with E-state index in [-0.39, 0.29) is 0 Å². The monoisotopic (exact) mass is 187 g/mol. The molecular formula is C10H25NSi. The smallest absolute Gasteiger partial charge is 0.111 e. The summed E-state index contributed by atoms with van der Waals surface area (Å²) in [6, 6.07) is 1.49. The molecule has 0 fully saturated rings. The molecule has 0 bridgehead atoms. The molecule has 0 aliphatic carbocycles. The third-order valence-electron chi connectivity index (χ3n) is 2.67. The van der Waals surface area contributed by atoms with Gasteiger partial charge in [0.2, 0.25) is 0 Å². The van der Waals surface area contributed by atoms with Crippen molar-refractivity contribution in [1.82, 2.24) is 4.98 Å². The van der Waals surface area contributed by atoms with Gasteiger partial charge in [0.05, 0.1) is 0 Å². The highest BCUT2D eigenvalue weighted by molar-refractivity contribution is 6.57. The zero-order valence-corrected chi connectivity index (χ0v) is 10.3. The molecule has 0 aromatic carbocycles. The van der Waals surface area contributed by atoms with Gasteiger partial charge in [-0.15, -0.1) is 0 Å². The van der Waals surface area contributed by atoms with Crippen molar-refractivity contribution in [2.75, 3.05) is 6.54 Å². The first-order valence-electron chi connectivity index (χ1n) is 5.49. The molecule has 0 radical (unpaired) electrons. The first-order chi connectivity index (χ1) is 5.76. The molecule has 0 aliphatic rings. The lowest BCUT2D eigenvalue weighted by Crippen LogP contribution is -2.36. The number of rotatable bonds is 7. The lowest BCUT2D eigenvalue weighted by molar-refractivity contribution is 0.778. The Hall–Kier alpha value is 0.177. The van der Waals surface area contributed by atoms with Gasteiger partial charge in [0.1, 0.15) is 8.96 Å². The number of hydrogen-bond donors (Lipinski definition) is 1. The van der Waals surface area contributed by atoms with Crippen LogP contribution in [0, 0.1) is 0 Å². The summed E-state index contributed by atoms with van der Waals surface area (Å²) in [7, 11) is -0.596. The molecule has 74 valence electrons. The molecule has 0 spiro atoms. The van der Waals surface area contributed by atoms with Gasteiger partial charge in [-0.3, -0.25) is 0 Å². The molecule has 12 heavy (non-hydrogen) atoms. The van der Waals surface area contributed by atoms with E-state index in [2.05, 4.69) is 32.7 Å². The summed E-state index contributed by atoms with van der Waals surface area (Å²) in [4.78, 5) is 3.71. The first kappa shape index (κ1) is 12.2. The molecule has 0 heterocycles. The van der Waals surface area contributed by atoms with Gasteiger partial charge in [-0.1, -0.05) is 47.0 Å². The van der Waals surface area contributed by atoms with Crippen LogP contribution in [0.4, 0.5) is 0 Å². The van der Waals surface area contributed by atoms with Crippen LogP contribution >= 0.6 is 0 Å². The maximum atomic E-state index is 3.71. The molecule has 0 aromatic rings. The van der Waals surface area contributed by atoms with Gasteiger partial charge in [-0.25, -0.2) is 0 Å². The van der Waals surface area contributed by atoms with Gasteiger partial charge in [0, 0.05) is 0 Å². The molecule has 1 N–H and O–H groups in total. The molecule has 0 aromatic heterocycles. The Labute approximate surface area is 79.6 Å². The van der Waals surface area contributed by atoms with Gasteiger partial charge < -0.3 is 4.98 Å². The fourth-order valence-corrected chi connectivity index (χ4v) is 4.68. The van der Waals surface area contributed by atoms with E-state index in [1.165, 1.54) is 31.9 Å². The van der Waals surface area contributed by atoms with Crippen molar-refractivity contribution >= 4 is 8.96 Å². The molecule has 2 unspecified atom stereocenters. The second kappa shape index (κ2) is 7.81. The molecular weight excluding hydrogens is 162 g/mol. The van der Waals surface area contributed by atoms with Crippen LogP contribution < -0.4 is 4.98 Å². The summed E-state index contributed by atoms with van der Waals surface area (Å²) < 4.78 is 0. The zero-order chi connectivity index (χ0) is 9.40. The van der Waals surface area contributed by atoms with E-state index in [1.807, 2.05) is 0 Å². The SMILES string of the molecule is CCCC[SiH](NCC)C(C)CC. The summed E-state index contributed by atoms with van der Waals surface area (Å²) in [5.74, 6) is 0. The number of nitrogens with one attached hydrogen (secondary N) is 1. The lowest BCUT2D eigenvalue weighted by atomic mass is 10.4. The number of hydrogen-bond acceptors (Lipinski definition) is 1. The lowest BCUT2D eigenvalue weighted by Gasteiger charge is -2.21. The summed E-state index contributed by atoms with van der Waals surface area (Å²) >= 11 is 0. The molecule has 0 saturated heterocycles. The second-order valence-electron chi connectivity index (χ2n) is 3.69. The third kappa shape index (κ3) is 4.94. The Morgan fingerprint density at radius 1 is 1.25 bits per heavy atom. The van der Waals surface area contributed by atoms with E-state index in [0.29, 0.717) is 0 Å². The summed E-state index contributed by atoms with van der Waals surface area (Å²) in [5, 5.41) is 0. The van der Waals surface area contributed by atoms with Crippen molar-refractivity contribution in [3.63, 3.8) is 0 Å². The predicted octanol–water partition coefficient (Wildman–Crippen LogP) is 2.92. The zero-order valence-electron chi connectivity index (χ0n) is 9.19. The van der Waals surface area contributed by atoms with Gasteiger partial charge >= 0.3 is 0 Å². The minimum absolute atomic E-state index is 0.596. The van der Waals surface area contributed by atoms with Crippen LogP contribution in [-0.2, 0) is 0 Å². The molecule has 0 aliphatic heterocycles. The Bertz CT molecular complexity index is 95.8. The Kier molecular flexibility index (Phi) is 7.92. The van der Waals surface area contributed by atoms with E-state index in [1.54, 1.807) is 0 Å². The van der Waals surface area contributed by atoms with E-state index < -0.39 is 8.96 Å². The highest BCUT2D eigenvalue weighted by atomic mass is 28.3. The molecule has 0 rings (SSSR count). The third-order valence-corrected chi connectivity index (χ3v) is 6.47. The highest BCUT2D eigenvalue weighted by Gasteiger charge is 2.15. The van der Waals surface area contributed by atoms with Crippen LogP contribution in [0.1, 0.15) is 47.0 Å². The Morgan fingerprint density at radius 3 is 2.33 bits per heavy atom. The standard InChI is InChI=1S/C10H25NSi/c1-5-8-9-12(11-7-3)10(4)6-2/h10-12H,5-9H2,1-4H3. The van der Waals surface area contributed by atoms with Gasteiger partial charge in [0.25, 0.3) is 0 Å². The summed E-state index contributed by atoms with van der Waals surface area (Å²) in [6.45, 7) is 10.4. The van der Waals surface area contributed by atoms with Crippen LogP contribution in [-0.4, -0.2) is 15.5 Å². The van der Waals surface area contributed by atoms with Crippen molar-refractivity contribution in [1.29, 1.82) is 0 Å². The van der Waals surface area contributed by atoms with E-state index >= 15 is 0 Å². The number of unbranched alkanes of at least 4 members (excludes halogenated alkanes) is 1. The Balaban J connectivity index is 3.68. The average Bonchev–Trinajstić information content (AvgIpc) is 2.11. The maximum Gasteiger partial charge on any atom is 0.111 e. The molecule has 2 atom stereocenters. The summed E-state index contributed by atoms with van der Waals surface area (Å²) in [6.07, 6.45) is 4.13. The molecule has 0 saturated carbocycles. The van der Waals surface area contributed by atoms with Crippen molar-refractivity contribution in [2.24, 2.45) is 0 Å². The maximum absolute atomic E-state index is 3.71. The van der Waals surface area contributed by atoms with Crippen LogP contribution in [0.25, 0.3) is 0 Å². The van der Waals surface area contributed by atoms with Gasteiger partial charge in [-0.2, -0.15) is 0 Å².